The lowest BCUT2D eigenvalue weighted by Crippen LogP contribution is -2.33. The van der Waals surface area contributed by atoms with E-state index in [1.165, 1.54) is 6.07 Å². The highest BCUT2D eigenvalue weighted by molar-refractivity contribution is 7.22. The second-order valence-corrected chi connectivity index (χ2v) is 7.93. The predicted molar refractivity (Wildman–Crippen MR) is 117 cm³/mol. The van der Waals surface area contributed by atoms with Gasteiger partial charge in [0.25, 0.3) is 0 Å². The summed E-state index contributed by atoms with van der Waals surface area (Å²) in [5, 5.41) is 0.413. The number of anilines is 1. The average Bonchev–Trinajstić information content (AvgIpc) is 3.08. The zero-order valence-electron chi connectivity index (χ0n) is 16.4. The minimum atomic E-state index is -0.706. The fourth-order valence-corrected chi connectivity index (χ4v) is 4.01. The van der Waals surface area contributed by atoms with Crippen molar-refractivity contribution < 1.29 is 13.6 Å². The van der Waals surface area contributed by atoms with Gasteiger partial charge in [0.15, 0.2) is 10.9 Å². The van der Waals surface area contributed by atoms with Crippen molar-refractivity contribution in [3.05, 3.63) is 59.7 Å². The third kappa shape index (κ3) is 6.19. The molecule has 0 N–H and O–H groups in total. The number of nitrogens with zero attached hydrogens (tertiary/aromatic N) is 3. The number of hydrogen-bond donors (Lipinski definition) is 0. The van der Waals surface area contributed by atoms with Crippen molar-refractivity contribution in [2.24, 2.45) is 0 Å². The highest BCUT2D eigenvalue weighted by Crippen LogP contribution is 2.31. The molecule has 1 heterocycles. The maximum atomic E-state index is 14.0. The molecule has 0 atom stereocenters. The van der Waals surface area contributed by atoms with E-state index in [-0.39, 0.29) is 23.8 Å². The van der Waals surface area contributed by atoms with Crippen LogP contribution in [-0.4, -0.2) is 43.0 Å². The van der Waals surface area contributed by atoms with Gasteiger partial charge in [-0.25, -0.2) is 13.8 Å². The van der Waals surface area contributed by atoms with Gasteiger partial charge < -0.3 is 4.90 Å². The number of fused-ring (bicyclic) bond motifs is 1. The van der Waals surface area contributed by atoms with Gasteiger partial charge in [0.05, 0.1) is 4.70 Å². The molecule has 3 aromatic rings. The molecule has 29 heavy (non-hydrogen) atoms. The number of aromatic nitrogens is 1. The van der Waals surface area contributed by atoms with E-state index in [4.69, 9.17) is 0 Å². The summed E-state index contributed by atoms with van der Waals surface area (Å²) in [6.45, 7) is 1.30. The van der Waals surface area contributed by atoms with Crippen LogP contribution >= 0.6 is 23.7 Å². The number of aryl methyl sites for hydroxylation is 1. The first-order chi connectivity index (χ1) is 13.4. The summed E-state index contributed by atoms with van der Waals surface area (Å²) in [4.78, 5) is 20.9. The summed E-state index contributed by atoms with van der Waals surface area (Å²) in [5.74, 6) is -1.42. The minimum Gasteiger partial charge on any atom is -0.309 e. The van der Waals surface area contributed by atoms with E-state index in [1.807, 2.05) is 49.3 Å². The number of rotatable bonds is 8. The van der Waals surface area contributed by atoms with Gasteiger partial charge in [0, 0.05) is 19.0 Å². The van der Waals surface area contributed by atoms with Gasteiger partial charge in [-0.1, -0.05) is 41.7 Å². The standard InChI is InChI=1S/C21H23F2N3OS.ClH/c1-25(2)11-6-12-26(19(27)10-9-15-7-4-3-5-8-15)21-24-20-17(23)13-16(22)14-18(20)28-21;/h3-5,7-8,13-14H,6,9-12H2,1-2H3;1H. The molecular formula is C21H24ClF2N3OS. The van der Waals surface area contributed by atoms with Gasteiger partial charge in [-0.05, 0) is 45.1 Å². The third-order valence-electron chi connectivity index (χ3n) is 4.39. The van der Waals surface area contributed by atoms with Crippen molar-refractivity contribution in [2.75, 3.05) is 32.1 Å². The van der Waals surface area contributed by atoms with Crippen LogP contribution in [0, 0.1) is 11.6 Å². The van der Waals surface area contributed by atoms with Crippen LogP contribution in [0.2, 0.25) is 0 Å². The molecule has 8 heteroatoms. The summed E-state index contributed by atoms with van der Waals surface area (Å²) in [6.07, 6.45) is 1.72. The van der Waals surface area contributed by atoms with Crippen molar-refractivity contribution in [2.45, 2.75) is 19.3 Å². The lowest BCUT2D eigenvalue weighted by molar-refractivity contribution is -0.118. The van der Waals surface area contributed by atoms with Crippen LogP contribution in [0.4, 0.5) is 13.9 Å². The predicted octanol–water partition coefficient (Wildman–Crippen LogP) is 4.91. The lowest BCUT2D eigenvalue weighted by atomic mass is 10.1. The Labute approximate surface area is 179 Å². The number of thiazole rings is 1. The van der Waals surface area contributed by atoms with E-state index < -0.39 is 11.6 Å². The van der Waals surface area contributed by atoms with Crippen LogP contribution in [0.5, 0.6) is 0 Å². The van der Waals surface area contributed by atoms with Gasteiger partial charge >= 0.3 is 0 Å². The molecule has 0 saturated heterocycles. The van der Waals surface area contributed by atoms with Crippen molar-refractivity contribution in [3.63, 3.8) is 0 Å². The molecule has 0 aliphatic carbocycles. The summed E-state index contributed by atoms with van der Waals surface area (Å²) in [7, 11) is 3.94. The second kappa shape index (κ2) is 10.6. The van der Waals surface area contributed by atoms with E-state index in [2.05, 4.69) is 4.98 Å². The van der Waals surface area contributed by atoms with Crippen LogP contribution in [0.15, 0.2) is 42.5 Å². The first-order valence-electron chi connectivity index (χ1n) is 9.18. The molecule has 0 aliphatic heterocycles. The highest BCUT2D eigenvalue weighted by Gasteiger charge is 2.21. The van der Waals surface area contributed by atoms with Gasteiger partial charge in [-0.15, -0.1) is 12.4 Å². The van der Waals surface area contributed by atoms with Gasteiger partial charge in [0.1, 0.15) is 11.3 Å². The number of carbonyl (C=O) groups excluding carboxylic acids is 1. The van der Waals surface area contributed by atoms with E-state index in [1.54, 1.807) is 4.90 Å². The molecular weight excluding hydrogens is 416 g/mol. The molecule has 4 nitrogen and oxygen atoms in total. The largest absolute Gasteiger partial charge is 0.309 e. The zero-order valence-corrected chi connectivity index (χ0v) is 18.0. The number of hydrogen-bond acceptors (Lipinski definition) is 4. The smallest absolute Gasteiger partial charge is 0.229 e. The van der Waals surface area contributed by atoms with Crippen molar-refractivity contribution in [1.29, 1.82) is 0 Å². The highest BCUT2D eigenvalue weighted by atomic mass is 35.5. The van der Waals surface area contributed by atoms with E-state index in [0.717, 1.165) is 35.9 Å². The molecule has 1 amide bonds. The number of benzene rings is 2. The van der Waals surface area contributed by atoms with E-state index in [9.17, 15) is 13.6 Å². The van der Waals surface area contributed by atoms with Gasteiger partial charge in [0.2, 0.25) is 5.91 Å². The maximum absolute atomic E-state index is 14.0. The molecule has 0 aliphatic rings. The molecule has 0 spiro atoms. The Morgan fingerprint density at radius 1 is 1.10 bits per heavy atom. The van der Waals surface area contributed by atoms with Gasteiger partial charge in [-0.3, -0.25) is 9.69 Å². The molecule has 0 unspecified atom stereocenters. The maximum Gasteiger partial charge on any atom is 0.229 e. The molecule has 156 valence electrons. The zero-order chi connectivity index (χ0) is 20.1. The van der Waals surface area contributed by atoms with Crippen LogP contribution < -0.4 is 4.90 Å². The Balaban J connectivity index is 0.00000300. The number of halogens is 3. The Bertz CT molecular complexity index is 950. The molecule has 0 saturated carbocycles. The lowest BCUT2D eigenvalue weighted by Gasteiger charge is -2.21. The average molecular weight is 440 g/mol. The SMILES string of the molecule is CN(C)CCCN(C(=O)CCc1ccccc1)c1nc2c(F)cc(F)cc2s1.Cl. The molecule has 2 aromatic carbocycles. The quantitative estimate of drug-likeness (QED) is 0.500. The van der Waals surface area contributed by atoms with Crippen LogP contribution in [0.3, 0.4) is 0 Å². The van der Waals surface area contributed by atoms with E-state index in [0.29, 0.717) is 29.2 Å². The van der Waals surface area contributed by atoms with Crippen molar-refractivity contribution >= 4 is 45.0 Å². The summed E-state index contributed by atoms with van der Waals surface area (Å²) in [5.41, 5.74) is 1.19. The summed E-state index contributed by atoms with van der Waals surface area (Å²) >= 11 is 1.14. The Morgan fingerprint density at radius 3 is 2.52 bits per heavy atom. The fourth-order valence-electron chi connectivity index (χ4n) is 2.96. The normalized spacial score (nSPS) is 10.9. The van der Waals surface area contributed by atoms with Crippen LogP contribution in [0.1, 0.15) is 18.4 Å². The Morgan fingerprint density at radius 2 is 1.83 bits per heavy atom. The first kappa shape index (κ1) is 23.2. The molecule has 3 rings (SSSR count). The Kier molecular flexibility index (Phi) is 8.49. The number of carbonyl (C=O) groups is 1. The third-order valence-corrected chi connectivity index (χ3v) is 5.42. The van der Waals surface area contributed by atoms with Gasteiger partial charge in [-0.2, -0.15) is 0 Å². The van der Waals surface area contributed by atoms with Crippen LogP contribution in [0.25, 0.3) is 10.2 Å². The fraction of sp³-hybridized carbons (Fsp3) is 0.333. The van der Waals surface area contributed by atoms with Crippen LogP contribution in [-0.2, 0) is 11.2 Å². The molecule has 1 aromatic heterocycles. The molecule has 0 fully saturated rings. The number of amides is 1. The summed E-state index contributed by atoms with van der Waals surface area (Å²) < 4.78 is 28.0. The monoisotopic (exact) mass is 439 g/mol. The second-order valence-electron chi connectivity index (χ2n) is 6.92. The first-order valence-corrected chi connectivity index (χ1v) is 10.0. The van der Waals surface area contributed by atoms with Crippen molar-refractivity contribution in [3.8, 4) is 0 Å². The molecule has 0 radical (unpaired) electrons. The van der Waals surface area contributed by atoms with Crippen molar-refractivity contribution in [1.82, 2.24) is 9.88 Å². The Hall–Kier alpha value is -2.09. The summed E-state index contributed by atoms with van der Waals surface area (Å²) in [6, 6.07) is 11.9. The molecule has 0 bridgehead atoms. The topological polar surface area (TPSA) is 36.4 Å². The minimum absolute atomic E-state index is 0. The van der Waals surface area contributed by atoms with E-state index >= 15 is 0 Å².